The van der Waals surface area contributed by atoms with Crippen LogP contribution in [0.3, 0.4) is 0 Å². The van der Waals surface area contributed by atoms with Crippen LogP contribution >= 0.6 is 11.6 Å². The first-order valence-electron chi connectivity index (χ1n) is 5.92. The third-order valence-electron chi connectivity index (χ3n) is 2.45. The predicted octanol–water partition coefficient (Wildman–Crippen LogP) is 2.45. The third-order valence-corrected chi connectivity index (χ3v) is 2.70. The molecule has 1 heterocycles. The van der Waals surface area contributed by atoms with Crippen molar-refractivity contribution in [2.45, 2.75) is 0 Å². The molecule has 2 N–H and O–H groups in total. The molecule has 108 valence electrons. The van der Waals surface area contributed by atoms with Crippen LogP contribution in [0.25, 0.3) is 0 Å². The van der Waals surface area contributed by atoms with E-state index in [9.17, 15) is 9.59 Å². The Hall–Kier alpha value is -2.60. The van der Waals surface area contributed by atoms with Gasteiger partial charge < -0.3 is 15.2 Å². The molecule has 0 atom stereocenters. The van der Waals surface area contributed by atoms with E-state index in [1.807, 2.05) is 0 Å². The van der Waals surface area contributed by atoms with Gasteiger partial charge in [-0.3, -0.25) is 4.79 Å². The second-order valence-electron chi connectivity index (χ2n) is 4.03. The number of benzene rings is 1. The molecule has 7 heteroatoms. The van der Waals surface area contributed by atoms with Crippen LogP contribution in [0.15, 0.2) is 42.6 Å². The minimum absolute atomic E-state index is 0.147. The monoisotopic (exact) mass is 306 g/mol. The third kappa shape index (κ3) is 4.47. The van der Waals surface area contributed by atoms with Crippen LogP contribution in [0.1, 0.15) is 10.5 Å². The van der Waals surface area contributed by atoms with Crippen LogP contribution in [0.2, 0.25) is 5.02 Å². The quantitative estimate of drug-likeness (QED) is 0.885. The molecule has 0 bridgehead atoms. The first kappa shape index (κ1) is 14.8. The molecular weight excluding hydrogens is 296 g/mol. The minimum atomic E-state index is -1.16. The number of hydrogen-bond acceptors (Lipinski definition) is 4. The number of anilines is 1. The number of carboxylic acid groups (broad SMARTS) is 1. The number of aromatic nitrogens is 1. The predicted molar refractivity (Wildman–Crippen MR) is 76.8 cm³/mol. The number of nitrogens with zero attached hydrogens (tertiary/aromatic N) is 1. The van der Waals surface area contributed by atoms with Gasteiger partial charge >= 0.3 is 5.97 Å². The number of pyridine rings is 1. The SMILES string of the molecule is O=C(COc1ccc(Cl)cc1)Nc1ccnc(C(=O)O)c1. The summed E-state index contributed by atoms with van der Waals surface area (Å²) < 4.78 is 5.27. The van der Waals surface area contributed by atoms with Crippen LogP contribution in [0, 0.1) is 0 Å². The van der Waals surface area contributed by atoms with Gasteiger partial charge in [-0.2, -0.15) is 0 Å². The van der Waals surface area contributed by atoms with Crippen molar-refractivity contribution in [1.29, 1.82) is 0 Å². The minimum Gasteiger partial charge on any atom is -0.484 e. The highest BCUT2D eigenvalue weighted by Gasteiger charge is 2.08. The second-order valence-corrected chi connectivity index (χ2v) is 4.46. The average Bonchev–Trinajstić information content (AvgIpc) is 2.47. The molecule has 0 spiro atoms. The highest BCUT2D eigenvalue weighted by Crippen LogP contribution is 2.15. The highest BCUT2D eigenvalue weighted by molar-refractivity contribution is 6.30. The molecule has 2 rings (SSSR count). The zero-order valence-corrected chi connectivity index (χ0v) is 11.5. The first-order valence-corrected chi connectivity index (χ1v) is 6.30. The number of amides is 1. The summed E-state index contributed by atoms with van der Waals surface area (Å²) in [6.45, 7) is -0.202. The molecule has 21 heavy (non-hydrogen) atoms. The van der Waals surface area contributed by atoms with Gasteiger partial charge in [-0.05, 0) is 36.4 Å². The van der Waals surface area contributed by atoms with Crippen molar-refractivity contribution in [2.24, 2.45) is 0 Å². The average molecular weight is 307 g/mol. The summed E-state index contributed by atoms with van der Waals surface area (Å²) in [7, 11) is 0. The number of rotatable bonds is 5. The van der Waals surface area contributed by atoms with Gasteiger partial charge in [-0.1, -0.05) is 11.6 Å². The largest absolute Gasteiger partial charge is 0.484 e. The van der Waals surface area contributed by atoms with Crippen molar-refractivity contribution in [3.05, 3.63) is 53.3 Å². The number of carbonyl (C=O) groups excluding carboxylic acids is 1. The van der Waals surface area contributed by atoms with E-state index in [4.69, 9.17) is 21.4 Å². The lowest BCUT2D eigenvalue weighted by Crippen LogP contribution is -2.20. The molecule has 1 aromatic carbocycles. The Morgan fingerprint density at radius 1 is 1.24 bits per heavy atom. The van der Waals surface area contributed by atoms with Crippen LogP contribution in [-0.4, -0.2) is 28.6 Å². The fourth-order valence-electron chi connectivity index (χ4n) is 1.50. The topological polar surface area (TPSA) is 88.5 Å². The van der Waals surface area contributed by atoms with E-state index < -0.39 is 11.9 Å². The Labute approximate surface area is 125 Å². The number of carbonyl (C=O) groups is 2. The lowest BCUT2D eigenvalue weighted by atomic mass is 10.3. The number of nitrogens with one attached hydrogen (secondary N) is 1. The number of aromatic carboxylic acids is 1. The Kier molecular flexibility index (Phi) is 4.73. The smallest absolute Gasteiger partial charge is 0.354 e. The van der Waals surface area contributed by atoms with Gasteiger partial charge in [0.05, 0.1) is 0 Å². The summed E-state index contributed by atoms with van der Waals surface area (Å²) in [5.41, 5.74) is 0.193. The van der Waals surface area contributed by atoms with Crippen molar-refractivity contribution in [1.82, 2.24) is 4.98 Å². The summed E-state index contributed by atoms with van der Waals surface area (Å²) in [4.78, 5) is 26.1. The fraction of sp³-hybridized carbons (Fsp3) is 0.0714. The zero-order chi connectivity index (χ0) is 15.2. The molecule has 0 unspecified atom stereocenters. The van der Waals surface area contributed by atoms with E-state index in [1.54, 1.807) is 24.3 Å². The molecule has 6 nitrogen and oxygen atoms in total. The number of halogens is 1. The maximum Gasteiger partial charge on any atom is 0.354 e. The fourth-order valence-corrected chi connectivity index (χ4v) is 1.63. The van der Waals surface area contributed by atoms with Gasteiger partial charge in [0.15, 0.2) is 6.61 Å². The van der Waals surface area contributed by atoms with Gasteiger partial charge in [-0.15, -0.1) is 0 Å². The van der Waals surface area contributed by atoms with E-state index in [0.29, 0.717) is 16.5 Å². The molecule has 0 saturated carbocycles. The first-order chi connectivity index (χ1) is 10.0. The summed E-state index contributed by atoms with van der Waals surface area (Å²) in [5.74, 6) is -1.06. The van der Waals surface area contributed by atoms with Crippen molar-refractivity contribution >= 4 is 29.2 Å². The number of ether oxygens (including phenoxy) is 1. The van der Waals surface area contributed by atoms with Crippen LogP contribution in [0.5, 0.6) is 5.75 Å². The van der Waals surface area contributed by atoms with E-state index in [1.165, 1.54) is 18.3 Å². The Morgan fingerprint density at radius 2 is 1.95 bits per heavy atom. The van der Waals surface area contributed by atoms with Gasteiger partial charge in [0.25, 0.3) is 5.91 Å². The standard InChI is InChI=1S/C14H11ClN2O4/c15-9-1-3-11(4-2-9)21-8-13(18)17-10-5-6-16-12(7-10)14(19)20/h1-7H,8H2,(H,19,20)(H,16,17,18). The molecule has 0 aliphatic rings. The zero-order valence-electron chi connectivity index (χ0n) is 10.7. The molecule has 0 fully saturated rings. The molecule has 0 aliphatic heterocycles. The lowest BCUT2D eigenvalue weighted by Gasteiger charge is -2.07. The van der Waals surface area contributed by atoms with Crippen molar-refractivity contribution in [3.8, 4) is 5.75 Å². The number of hydrogen-bond donors (Lipinski definition) is 2. The number of carboxylic acids is 1. The Balaban J connectivity index is 1.91. The Bertz CT molecular complexity index is 658. The van der Waals surface area contributed by atoms with Gasteiger partial charge in [-0.25, -0.2) is 9.78 Å². The summed E-state index contributed by atoms with van der Waals surface area (Å²) in [6, 6.07) is 9.35. The summed E-state index contributed by atoms with van der Waals surface area (Å²) in [6.07, 6.45) is 1.30. The van der Waals surface area contributed by atoms with E-state index >= 15 is 0 Å². The van der Waals surface area contributed by atoms with Gasteiger partial charge in [0, 0.05) is 16.9 Å². The summed E-state index contributed by atoms with van der Waals surface area (Å²) in [5, 5.41) is 11.9. The van der Waals surface area contributed by atoms with E-state index in [-0.39, 0.29) is 12.3 Å². The van der Waals surface area contributed by atoms with Crippen molar-refractivity contribution in [2.75, 3.05) is 11.9 Å². The molecule has 0 saturated heterocycles. The molecular formula is C14H11ClN2O4. The molecule has 2 aromatic rings. The Morgan fingerprint density at radius 3 is 2.62 bits per heavy atom. The van der Waals surface area contributed by atoms with Crippen LogP contribution in [-0.2, 0) is 4.79 Å². The maximum atomic E-state index is 11.7. The maximum absolute atomic E-state index is 11.7. The van der Waals surface area contributed by atoms with Crippen LogP contribution in [0.4, 0.5) is 5.69 Å². The van der Waals surface area contributed by atoms with Crippen molar-refractivity contribution in [3.63, 3.8) is 0 Å². The molecule has 0 radical (unpaired) electrons. The summed E-state index contributed by atoms with van der Waals surface area (Å²) >= 11 is 5.73. The van der Waals surface area contributed by atoms with Crippen LogP contribution < -0.4 is 10.1 Å². The van der Waals surface area contributed by atoms with Crippen molar-refractivity contribution < 1.29 is 19.4 Å². The molecule has 1 aromatic heterocycles. The van der Waals surface area contributed by atoms with Gasteiger partial charge in [0.1, 0.15) is 11.4 Å². The molecule has 1 amide bonds. The second kappa shape index (κ2) is 6.71. The normalized spacial score (nSPS) is 9.95. The van der Waals surface area contributed by atoms with E-state index in [2.05, 4.69) is 10.3 Å². The van der Waals surface area contributed by atoms with E-state index in [0.717, 1.165) is 0 Å². The van der Waals surface area contributed by atoms with Gasteiger partial charge in [0.2, 0.25) is 0 Å². The highest BCUT2D eigenvalue weighted by atomic mass is 35.5. The lowest BCUT2D eigenvalue weighted by molar-refractivity contribution is -0.118. The molecule has 0 aliphatic carbocycles.